The molecule has 4 heteroatoms. The molecule has 0 saturated carbocycles. The number of unbranched alkanes of at least 4 members (excludes halogenated alkanes) is 3. The number of carbonyl (C=O) groups is 2. The number of allylic oxidation sites excluding steroid dienone is 4. The minimum absolute atomic E-state index is 0.196. The molecule has 2 aromatic carbocycles. The smallest absolute Gasteiger partial charge is 0.318 e. The molecule has 2 rings (SSSR count). The molecule has 0 aliphatic carbocycles. The minimum Gasteiger partial charge on any atom is -0.318 e. The Balaban J connectivity index is 2.40. The van der Waals surface area contributed by atoms with Crippen molar-refractivity contribution < 1.29 is 14.4 Å². The third-order valence-corrected chi connectivity index (χ3v) is 5.62. The molecule has 0 N–H and O–H groups in total. The fourth-order valence-corrected chi connectivity index (χ4v) is 3.61. The van der Waals surface area contributed by atoms with Crippen LogP contribution in [0.3, 0.4) is 0 Å². The average molecular weight is 460 g/mol. The lowest BCUT2D eigenvalue weighted by molar-refractivity contribution is -0.143. The lowest BCUT2D eigenvalue weighted by Crippen LogP contribution is -2.18. The van der Waals surface area contributed by atoms with Gasteiger partial charge in [-0.2, -0.15) is 0 Å². The van der Waals surface area contributed by atoms with Gasteiger partial charge >= 0.3 is 5.97 Å². The van der Waals surface area contributed by atoms with Gasteiger partial charge in [-0.25, -0.2) is 4.79 Å². The Morgan fingerprint density at radius 3 is 2.29 bits per heavy atom. The van der Waals surface area contributed by atoms with E-state index < -0.39 is 5.97 Å². The summed E-state index contributed by atoms with van der Waals surface area (Å²) in [6.45, 7) is 7.91. The first-order valence-corrected chi connectivity index (χ1v) is 12.2. The number of oxime groups is 1. The summed E-state index contributed by atoms with van der Waals surface area (Å²) in [5.74, 6) is -0.641. The zero-order chi connectivity index (χ0) is 24.8. The lowest BCUT2D eigenvalue weighted by atomic mass is 9.92. The molecule has 0 aliphatic rings. The standard InChI is InChI=1S/C30H37NO3/c1-5-7-8-12-19-28(31-34-29(32)6-2)30(33)27(26-18-14-13-15-24(26)4)21-20-23(3)22-25-16-10-9-11-17-25/h9-11,13-18,20-21H,5-8,12,19,22H2,1-4H3/b23-20-,27-21+,31-28+. The van der Waals surface area contributed by atoms with Gasteiger partial charge in [-0.15, -0.1) is 0 Å². The topological polar surface area (TPSA) is 55.7 Å². The van der Waals surface area contributed by atoms with Crippen LogP contribution in [-0.2, 0) is 20.8 Å². The van der Waals surface area contributed by atoms with Crippen molar-refractivity contribution in [1.29, 1.82) is 0 Å². The fraction of sp³-hybridized carbons (Fsp3) is 0.367. The molecule has 0 radical (unpaired) electrons. The van der Waals surface area contributed by atoms with Crippen LogP contribution in [0.15, 0.2) is 77.5 Å². The molecule has 0 aromatic heterocycles. The second kappa shape index (κ2) is 14.8. The molecule has 180 valence electrons. The number of rotatable bonds is 13. The summed E-state index contributed by atoms with van der Waals surface area (Å²) in [6, 6.07) is 18.1. The number of hydrogen-bond donors (Lipinski definition) is 0. The van der Waals surface area contributed by atoms with Crippen molar-refractivity contribution in [1.82, 2.24) is 0 Å². The van der Waals surface area contributed by atoms with Gasteiger partial charge in [-0.3, -0.25) is 4.79 Å². The first kappa shape index (κ1) is 27.0. The highest BCUT2D eigenvalue weighted by atomic mass is 16.7. The third-order valence-electron chi connectivity index (χ3n) is 5.62. The van der Waals surface area contributed by atoms with Crippen molar-refractivity contribution in [2.75, 3.05) is 0 Å². The van der Waals surface area contributed by atoms with Crippen LogP contribution in [0.2, 0.25) is 0 Å². The van der Waals surface area contributed by atoms with Gasteiger partial charge in [0.05, 0.1) is 0 Å². The molecule has 0 atom stereocenters. The van der Waals surface area contributed by atoms with Gasteiger partial charge in [0.15, 0.2) is 0 Å². The number of ketones is 1. The van der Waals surface area contributed by atoms with Crippen LogP contribution >= 0.6 is 0 Å². The summed E-state index contributed by atoms with van der Waals surface area (Å²) in [5.41, 5.74) is 5.09. The lowest BCUT2D eigenvalue weighted by Gasteiger charge is -2.12. The van der Waals surface area contributed by atoms with Gasteiger partial charge in [0.2, 0.25) is 5.78 Å². The van der Waals surface area contributed by atoms with E-state index in [0.29, 0.717) is 17.7 Å². The van der Waals surface area contributed by atoms with Crippen molar-refractivity contribution in [2.45, 2.75) is 72.6 Å². The molecule has 0 saturated heterocycles. The first-order chi connectivity index (χ1) is 16.5. The molecule has 34 heavy (non-hydrogen) atoms. The second-order valence-electron chi connectivity index (χ2n) is 8.57. The number of carbonyl (C=O) groups excluding carboxylic acids is 2. The molecule has 0 fully saturated rings. The monoisotopic (exact) mass is 459 g/mol. The number of aryl methyl sites for hydroxylation is 1. The summed E-state index contributed by atoms with van der Waals surface area (Å²) in [4.78, 5) is 30.5. The third kappa shape index (κ3) is 8.93. The largest absolute Gasteiger partial charge is 0.334 e. The summed E-state index contributed by atoms with van der Waals surface area (Å²) < 4.78 is 0. The maximum atomic E-state index is 13.7. The second-order valence-corrected chi connectivity index (χ2v) is 8.57. The van der Waals surface area contributed by atoms with Crippen molar-refractivity contribution in [2.24, 2.45) is 5.16 Å². The van der Waals surface area contributed by atoms with Crippen molar-refractivity contribution >= 4 is 23.0 Å². The van der Waals surface area contributed by atoms with Gasteiger partial charge in [0.25, 0.3) is 0 Å². The van der Waals surface area contributed by atoms with Crippen molar-refractivity contribution in [3.05, 3.63) is 89.0 Å². The molecule has 4 nitrogen and oxygen atoms in total. The molecule has 0 heterocycles. The first-order valence-electron chi connectivity index (χ1n) is 12.2. The van der Waals surface area contributed by atoms with E-state index in [4.69, 9.17) is 4.84 Å². The minimum atomic E-state index is -0.445. The highest BCUT2D eigenvalue weighted by Crippen LogP contribution is 2.23. The van der Waals surface area contributed by atoms with Crippen LogP contribution < -0.4 is 0 Å². The molecular weight excluding hydrogens is 422 g/mol. The van der Waals surface area contributed by atoms with Crippen molar-refractivity contribution in [3.8, 4) is 0 Å². The Kier molecular flexibility index (Phi) is 11.7. The SMILES string of the molecule is CCCCCC/C(=N\OC(=O)CC)C(=O)/C(=C/C=C(/C)Cc1ccccc1)c1ccccc1C. The molecule has 0 spiro atoms. The van der Waals surface area contributed by atoms with Gasteiger partial charge < -0.3 is 4.84 Å². The number of nitrogens with zero attached hydrogens (tertiary/aromatic N) is 1. The number of hydrogen-bond acceptors (Lipinski definition) is 4. The molecular formula is C30H37NO3. The van der Waals surface area contributed by atoms with Gasteiger partial charge in [-0.05, 0) is 49.8 Å². The van der Waals surface area contributed by atoms with E-state index >= 15 is 0 Å². The van der Waals surface area contributed by atoms with E-state index in [-0.39, 0.29) is 12.2 Å². The zero-order valence-corrected chi connectivity index (χ0v) is 21.0. The Hall–Kier alpha value is -3.27. The normalized spacial score (nSPS) is 12.5. The Morgan fingerprint density at radius 2 is 1.62 bits per heavy atom. The van der Waals surface area contributed by atoms with E-state index in [2.05, 4.69) is 31.1 Å². The van der Waals surface area contributed by atoms with Crippen LogP contribution in [0, 0.1) is 6.92 Å². The molecule has 0 amide bonds. The molecule has 0 unspecified atom stereocenters. The van der Waals surface area contributed by atoms with E-state index in [1.54, 1.807) is 6.92 Å². The summed E-state index contributed by atoms with van der Waals surface area (Å²) in [7, 11) is 0. The van der Waals surface area contributed by atoms with Crippen LogP contribution in [0.5, 0.6) is 0 Å². The van der Waals surface area contributed by atoms with Crippen LogP contribution in [-0.4, -0.2) is 17.5 Å². The molecule has 0 aliphatic heterocycles. The number of Topliss-reactive ketones (excluding diaryl/α,β-unsaturated/α-hetero) is 1. The zero-order valence-electron chi connectivity index (χ0n) is 21.0. The van der Waals surface area contributed by atoms with E-state index in [0.717, 1.165) is 48.8 Å². The van der Waals surface area contributed by atoms with Crippen LogP contribution in [0.25, 0.3) is 5.57 Å². The van der Waals surface area contributed by atoms with E-state index in [9.17, 15) is 9.59 Å². The highest BCUT2D eigenvalue weighted by Gasteiger charge is 2.20. The van der Waals surface area contributed by atoms with E-state index in [1.807, 2.05) is 61.5 Å². The summed E-state index contributed by atoms with van der Waals surface area (Å²) >= 11 is 0. The fourth-order valence-electron chi connectivity index (χ4n) is 3.61. The van der Waals surface area contributed by atoms with Crippen LogP contribution in [0.1, 0.15) is 76.0 Å². The highest BCUT2D eigenvalue weighted by molar-refractivity contribution is 6.55. The van der Waals surface area contributed by atoms with Gasteiger partial charge in [0, 0.05) is 12.0 Å². The van der Waals surface area contributed by atoms with Gasteiger partial charge in [0.1, 0.15) is 5.71 Å². The number of benzene rings is 2. The van der Waals surface area contributed by atoms with E-state index in [1.165, 1.54) is 5.56 Å². The maximum absolute atomic E-state index is 13.7. The Morgan fingerprint density at radius 1 is 0.912 bits per heavy atom. The maximum Gasteiger partial charge on any atom is 0.334 e. The summed E-state index contributed by atoms with van der Waals surface area (Å²) in [6.07, 6.45) is 9.40. The molecule has 2 aromatic rings. The Labute approximate surface area is 204 Å². The quantitative estimate of drug-likeness (QED) is 0.0782. The Bertz CT molecular complexity index is 1030. The van der Waals surface area contributed by atoms with Gasteiger partial charge in [-0.1, -0.05) is 111 Å². The predicted molar refractivity (Wildman–Crippen MR) is 141 cm³/mol. The van der Waals surface area contributed by atoms with Crippen LogP contribution in [0.4, 0.5) is 0 Å². The predicted octanol–water partition coefficient (Wildman–Crippen LogP) is 7.42. The average Bonchev–Trinajstić information content (AvgIpc) is 2.85. The molecule has 0 bridgehead atoms. The summed E-state index contributed by atoms with van der Waals surface area (Å²) in [5, 5.41) is 4.02. The van der Waals surface area contributed by atoms with Crippen molar-refractivity contribution in [3.63, 3.8) is 0 Å².